The van der Waals surface area contributed by atoms with Gasteiger partial charge >= 0.3 is 0 Å². The monoisotopic (exact) mass is 185 g/mol. The zero-order valence-corrected chi connectivity index (χ0v) is 7.16. The molecule has 0 atom stereocenters. The third-order valence-electron chi connectivity index (χ3n) is 1.60. The third kappa shape index (κ3) is 2.68. The Morgan fingerprint density at radius 2 is 2.23 bits per heavy atom. The molecule has 0 heterocycles. The van der Waals surface area contributed by atoms with Crippen LogP contribution in [0.2, 0.25) is 0 Å². The average Bonchev–Trinajstić information content (AvgIpc) is 2.15. The molecule has 0 fully saturated rings. The van der Waals surface area contributed by atoms with Gasteiger partial charge in [-0.25, -0.2) is 4.39 Å². The maximum atomic E-state index is 13.1. The zero-order valence-electron chi connectivity index (χ0n) is 7.16. The molecule has 0 saturated heterocycles. The van der Waals surface area contributed by atoms with E-state index in [9.17, 15) is 4.39 Å². The summed E-state index contributed by atoms with van der Waals surface area (Å²) in [5, 5.41) is 8.46. The number of ether oxygens (including phenoxy) is 1. The molecule has 0 radical (unpaired) electrons. The summed E-state index contributed by atoms with van der Waals surface area (Å²) in [7, 11) is 0. The lowest BCUT2D eigenvalue weighted by atomic mass is 10.2. The van der Waals surface area contributed by atoms with Crippen LogP contribution in [0.5, 0.6) is 5.75 Å². The number of nitrogens with two attached hydrogens (primary N) is 1. The van der Waals surface area contributed by atoms with Gasteiger partial charge in [0.1, 0.15) is 18.2 Å². The highest BCUT2D eigenvalue weighted by Gasteiger charge is 2.01. The number of hydrogen-bond acceptors (Lipinski definition) is 3. The van der Waals surface area contributed by atoms with E-state index < -0.39 is 0 Å². The lowest BCUT2D eigenvalue weighted by molar-refractivity contribution is 0.201. The Bertz CT molecular complexity index is 278. The molecule has 0 unspecified atom stereocenters. The van der Waals surface area contributed by atoms with Crippen LogP contribution >= 0.6 is 0 Å². The molecular weight excluding hydrogens is 173 g/mol. The van der Waals surface area contributed by atoms with Gasteiger partial charge in [0, 0.05) is 18.2 Å². The van der Waals surface area contributed by atoms with Gasteiger partial charge in [0.25, 0.3) is 0 Å². The Hall–Kier alpha value is -1.13. The molecule has 1 aromatic rings. The lowest BCUT2D eigenvalue weighted by Gasteiger charge is -2.05. The highest BCUT2D eigenvalue weighted by atomic mass is 19.1. The minimum absolute atomic E-state index is 0.0831. The van der Waals surface area contributed by atoms with Gasteiger partial charge < -0.3 is 15.6 Å². The third-order valence-corrected chi connectivity index (χ3v) is 1.60. The van der Waals surface area contributed by atoms with Gasteiger partial charge in [0.15, 0.2) is 0 Å². The van der Waals surface area contributed by atoms with E-state index in [1.54, 1.807) is 12.1 Å². The standard InChI is InChI=1S/C9H12FNO2/c10-9-5-8(13-4-3-12)2-1-7(9)6-11/h1-2,5,12H,3-4,6,11H2. The summed E-state index contributed by atoms with van der Waals surface area (Å²) in [6.45, 7) is 0.258. The van der Waals surface area contributed by atoms with E-state index >= 15 is 0 Å². The van der Waals surface area contributed by atoms with Gasteiger partial charge in [-0.2, -0.15) is 0 Å². The van der Waals surface area contributed by atoms with Crippen molar-refractivity contribution in [2.24, 2.45) is 5.73 Å². The van der Waals surface area contributed by atoms with E-state index in [2.05, 4.69) is 0 Å². The molecule has 0 amide bonds. The van der Waals surface area contributed by atoms with Crippen LogP contribution < -0.4 is 10.5 Å². The first-order chi connectivity index (χ1) is 6.27. The van der Waals surface area contributed by atoms with Crippen LogP contribution in [0.4, 0.5) is 4.39 Å². The predicted molar refractivity (Wildman–Crippen MR) is 46.9 cm³/mol. The number of hydrogen-bond donors (Lipinski definition) is 2. The molecule has 1 rings (SSSR count). The predicted octanol–water partition coefficient (Wildman–Crippen LogP) is 0.655. The zero-order chi connectivity index (χ0) is 9.68. The van der Waals surface area contributed by atoms with Gasteiger partial charge in [0.05, 0.1) is 6.61 Å². The van der Waals surface area contributed by atoms with Crippen molar-refractivity contribution in [3.63, 3.8) is 0 Å². The van der Waals surface area contributed by atoms with Crippen molar-refractivity contribution in [2.45, 2.75) is 6.54 Å². The molecule has 0 saturated carbocycles. The Morgan fingerprint density at radius 3 is 2.77 bits per heavy atom. The topological polar surface area (TPSA) is 55.5 Å². The fourth-order valence-electron chi connectivity index (χ4n) is 0.947. The van der Waals surface area contributed by atoms with E-state index in [1.807, 2.05) is 0 Å². The molecule has 1 aromatic carbocycles. The summed E-state index contributed by atoms with van der Waals surface area (Å²) < 4.78 is 18.1. The van der Waals surface area contributed by atoms with Gasteiger partial charge in [0.2, 0.25) is 0 Å². The fraction of sp³-hybridized carbons (Fsp3) is 0.333. The SMILES string of the molecule is NCc1ccc(OCCO)cc1F. The largest absolute Gasteiger partial charge is 0.491 e. The van der Waals surface area contributed by atoms with Gasteiger partial charge in [-0.1, -0.05) is 6.07 Å². The lowest BCUT2D eigenvalue weighted by Crippen LogP contribution is -2.03. The number of halogens is 1. The Morgan fingerprint density at radius 1 is 1.46 bits per heavy atom. The van der Waals surface area contributed by atoms with Crippen LogP contribution in [0.3, 0.4) is 0 Å². The van der Waals surface area contributed by atoms with Crippen LogP contribution in [0.1, 0.15) is 5.56 Å². The second-order valence-electron chi connectivity index (χ2n) is 2.53. The molecule has 4 heteroatoms. The molecule has 0 spiro atoms. The fourth-order valence-corrected chi connectivity index (χ4v) is 0.947. The first-order valence-corrected chi connectivity index (χ1v) is 4.00. The minimum atomic E-state index is -0.377. The highest BCUT2D eigenvalue weighted by molar-refractivity contribution is 5.28. The van der Waals surface area contributed by atoms with E-state index in [1.165, 1.54) is 6.07 Å². The Balaban J connectivity index is 2.71. The summed E-state index contributed by atoms with van der Waals surface area (Å²) in [6.07, 6.45) is 0. The maximum Gasteiger partial charge on any atom is 0.131 e. The maximum absolute atomic E-state index is 13.1. The van der Waals surface area contributed by atoms with Crippen LogP contribution in [0, 0.1) is 5.82 Å². The van der Waals surface area contributed by atoms with Crippen molar-refractivity contribution in [1.29, 1.82) is 0 Å². The molecule has 3 N–H and O–H groups in total. The van der Waals surface area contributed by atoms with Crippen molar-refractivity contribution in [2.75, 3.05) is 13.2 Å². The van der Waals surface area contributed by atoms with Crippen LogP contribution in [-0.2, 0) is 6.54 Å². The van der Waals surface area contributed by atoms with E-state index in [4.69, 9.17) is 15.6 Å². The van der Waals surface area contributed by atoms with Crippen LogP contribution in [0.15, 0.2) is 18.2 Å². The van der Waals surface area contributed by atoms with E-state index in [0.717, 1.165) is 0 Å². The van der Waals surface area contributed by atoms with Crippen molar-refractivity contribution in [3.8, 4) is 5.75 Å². The summed E-state index contributed by atoms with van der Waals surface area (Å²) in [5.74, 6) is 0.0293. The number of rotatable bonds is 4. The van der Waals surface area contributed by atoms with Gasteiger partial charge in [-0.3, -0.25) is 0 Å². The molecule has 0 aliphatic heterocycles. The molecule has 0 aliphatic carbocycles. The first-order valence-electron chi connectivity index (χ1n) is 4.00. The molecule has 0 bridgehead atoms. The summed E-state index contributed by atoms with van der Waals surface area (Å²) >= 11 is 0. The number of aliphatic hydroxyl groups is 1. The number of benzene rings is 1. The second-order valence-corrected chi connectivity index (χ2v) is 2.53. The van der Waals surface area contributed by atoms with Crippen molar-refractivity contribution in [3.05, 3.63) is 29.6 Å². The molecule has 72 valence electrons. The Labute approximate surface area is 75.9 Å². The van der Waals surface area contributed by atoms with Gasteiger partial charge in [-0.05, 0) is 6.07 Å². The molecule has 3 nitrogen and oxygen atoms in total. The van der Waals surface area contributed by atoms with E-state index in [0.29, 0.717) is 11.3 Å². The summed E-state index contributed by atoms with van der Waals surface area (Å²) in [5.41, 5.74) is 5.73. The second kappa shape index (κ2) is 4.79. The first kappa shape index (κ1) is 9.95. The van der Waals surface area contributed by atoms with E-state index in [-0.39, 0.29) is 25.6 Å². The Kier molecular flexibility index (Phi) is 3.67. The number of aliphatic hydroxyl groups excluding tert-OH is 1. The van der Waals surface area contributed by atoms with Crippen molar-refractivity contribution >= 4 is 0 Å². The summed E-state index contributed by atoms with van der Waals surface area (Å²) in [6, 6.07) is 4.46. The smallest absolute Gasteiger partial charge is 0.131 e. The molecule has 13 heavy (non-hydrogen) atoms. The van der Waals surface area contributed by atoms with Crippen molar-refractivity contribution in [1.82, 2.24) is 0 Å². The molecule has 0 aromatic heterocycles. The highest BCUT2D eigenvalue weighted by Crippen LogP contribution is 2.15. The summed E-state index contributed by atoms with van der Waals surface area (Å²) in [4.78, 5) is 0. The minimum Gasteiger partial charge on any atom is -0.491 e. The molecular formula is C9H12FNO2. The van der Waals surface area contributed by atoms with Crippen molar-refractivity contribution < 1.29 is 14.2 Å². The van der Waals surface area contributed by atoms with Crippen LogP contribution in [-0.4, -0.2) is 18.3 Å². The quantitative estimate of drug-likeness (QED) is 0.724. The average molecular weight is 185 g/mol. The van der Waals surface area contributed by atoms with Crippen LogP contribution in [0.25, 0.3) is 0 Å². The molecule has 0 aliphatic rings. The normalized spacial score (nSPS) is 10.1. The van der Waals surface area contributed by atoms with Gasteiger partial charge in [-0.15, -0.1) is 0 Å².